The number of hydrogen-bond donors (Lipinski definition) is 1. The SMILES string of the molecule is Cc1ccnn1CCC(=O)N(C)C[C@]1(O)CCN(c2cnccn2)C1. The van der Waals surface area contributed by atoms with Gasteiger partial charge in [0.1, 0.15) is 11.4 Å². The van der Waals surface area contributed by atoms with Gasteiger partial charge in [0.2, 0.25) is 5.91 Å². The highest BCUT2D eigenvalue weighted by Gasteiger charge is 2.38. The lowest BCUT2D eigenvalue weighted by Gasteiger charge is -2.29. The molecule has 0 radical (unpaired) electrons. The first kappa shape index (κ1) is 17.3. The van der Waals surface area contributed by atoms with E-state index in [4.69, 9.17) is 0 Å². The number of carbonyl (C=O) groups excluding carboxylic acids is 1. The van der Waals surface area contributed by atoms with Gasteiger partial charge in [0.15, 0.2) is 0 Å². The molecule has 0 bridgehead atoms. The summed E-state index contributed by atoms with van der Waals surface area (Å²) in [6, 6.07) is 1.91. The number of aryl methyl sites for hydroxylation is 2. The molecule has 1 aliphatic heterocycles. The van der Waals surface area contributed by atoms with Crippen molar-refractivity contribution in [3.63, 3.8) is 0 Å². The van der Waals surface area contributed by atoms with E-state index in [0.717, 1.165) is 11.5 Å². The summed E-state index contributed by atoms with van der Waals surface area (Å²) in [5.41, 5.74) is 0.105. The van der Waals surface area contributed by atoms with Crippen LogP contribution in [0.25, 0.3) is 0 Å². The summed E-state index contributed by atoms with van der Waals surface area (Å²) in [6.07, 6.45) is 7.64. The number of aliphatic hydroxyl groups is 1. The van der Waals surface area contributed by atoms with Gasteiger partial charge < -0.3 is 14.9 Å². The zero-order chi connectivity index (χ0) is 17.9. The molecule has 134 valence electrons. The van der Waals surface area contributed by atoms with E-state index in [0.29, 0.717) is 39.0 Å². The molecule has 0 unspecified atom stereocenters. The molecule has 0 aromatic carbocycles. The maximum absolute atomic E-state index is 12.4. The van der Waals surface area contributed by atoms with Crippen LogP contribution in [0.2, 0.25) is 0 Å². The van der Waals surface area contributed by atoms with Gasteiger partial charge in [-0.25, -0.2) is 4.98 Å². The molecule has 1 atom stereocenters. The Morgan fingerprint density at radius 2 is 2.24 bits per heavy atom. The first-order chi connectivity index (χ1) is 12.0. The molecular weight excluding hydrogens is 320 g/mol. The minimum atomic E-state index is -0.927. The van der Waals surface area contributed by atoms with Gasteiger partial charge in [0.05, 0.1) is 12.7 Å². The van der Waals surface area contributed by atoms with E-state index >= 15 is 0 Å². The lowest BCUT2D eigenvalue weighted by Crippen LogP contribution is -2.46. The van der Waals surface area contributed by atoms with Crippen LogP contribution in [-0.4, -0.2) is 67.9 Å². The zero-order valence-corrected chi connectivity index (χ0v) is 14.7. The van der Waals surface area contributed by atoms with Crippen molar-refractivity contribution in [2.45, 2.75) is 31.9 Å². The van der Waals surface area contributed by atoms with Gasteiger partial charge in [-0.2, -0.15) is 5.10 Å². The normalized spacial score (nSPS) is 20.0. The highest BCUT2D eigenvalue weighted by atomic mass is 16.3. The second-order valence-corrected chi connectivity index (χ2v) is 6.66. The fourth-order valence-corrected chi connectivity index (χ4v) is 3.19. The Morgan fingerprint density at radius 1 is 1.40 bits per heavy atom. The number of amides is 1. The van der Waals surface area contributed by atoms with Gasteiger partial charge in [0.25, 0.3) is 0 Å². The van der Waals surface area contributed by atoms with Crippen molar-refractivity contribution in [2.75, 3.05) is 31.6 Å². The molecule has 25 heavy (non-hydrogen) atoms. The van der Waals surface area contributed by atoms with Gasteiger partial charge in [-0.1, -0.05) is 0 Å². The summed E-state index contributed by atoms with van der Waals surface area (Å²) in [4.78, 5) is 24.3. The molecule has 1 aliphatic rings. The molecule has 3 heterocycles. The van der Waals surface area contributed by atoms with E-state index in [-0.39, 0.29) is 5.91 Å². The second kappa shape index (κ2) is 7.18. The number of carbonyl (C=O) groups is 1. The Kier molecular flexibility index (Phi) is 4.98. The Morgan fingerprint density at radius 3 is 2.92 bits per heavy atom. The van der Waals surface area contributed by atoms with Crippen LogP contribution in [0.3, 0.4) is 0 Å². The summed E-state index contributed by atoms with van der Waals surface area (Å²) in [5.74, 6) is 0.753. The largest absolute Gasteiger partial charge is 0.386 e. The smallest absolute Gasteiger partial charge is 0.224 e. The first-order valence-electron chi connectivity index (χ1n) is 8.43. The minimum absolute atomic E-state index is 0.00118. The van der Waals surface area contributed by atoms with Gasteiger partial charge in [-0.3, -0.25) is 14.5 Å². The fourth-order valence-electron chi connectivity index (χ4n) is 3.19. The third-order valence-corrected chi connectivity index (χ3v) is 4.63. The fraction of sp³-hybridized carbons (Fsp3) is 0.529. The highest BCUT2D eigenvalue weighted by Crippen LogP contribution is 2.25. The molecular formula is C17H24N6O2. The van der Waals surface area contributed by atoms with Crippen molar-refractivity contribution in [1.82, 2.24) is 24.6 Å². The van der Waals surface area contributed by atoms with Crippen LogP contribution in [0.4, 0.5) is 5.82 Å². The number of nitrogens with zero attached hydrogens (tertiary/aromatic N) is 6. The molecule has 2 aromatic heterocycles. The van der Waals surface area contributed by atoms with E-state index in [1.54, 1.807) is 36.7 Å². The molecule has 0 aliphatic carbocycles. The maximum Gasteiger partial charge on any atom is 0.224 e. The second-order valence-electron chi connectivity index (χ2n) is 6.66. The molecule has 8 nitrogen and oxygen atoms in total. The van der Waals surface area contributed by atoms with Crippen LogP contribution in [0.5, 0.6) is 0 Å². The molecule has 0 saturated carbocycles. The number of aromatic nitrogens is 4. The lowest BCUT2D eigenvalue weighted by molar-refractivity contribution is -0.133. The number of β-amino-alcohol motifs (C(OH)–C–C–N with tert-alkyl or cyclic N) is 1. The Balaban J connectivity index is 1.52. The molecule has 3 rings (SSSR count). The summed E-state index contributed by atoms with van der Waals surface area (Å²) >= 11 is 0. The molecule has 1 N–H and O–H groups in total. The van der Waals surface area contributed by atoms with Gasteiger partial charge >= 0.3 is 0 Å². The number of rotatable bonds is 6. The zero-order valence-electron chi connectivity index (χ0n) is 14.7. The highest BCUT2D eigenvalue weighted by molar-refractivity contribution is 5.75. The molecule has 1 saturated heterocycles. The molecule has 1 fully saturated rings. The van der Waals surface area contributed by atoms with Crippen LogP contribution < -0.4 is 4.90 Å². The van der Waals surface area contributed by atoms with Crippen molar-refractivity contribution in [1.29, 1.82) is 0 Å². The Bertz CT molecular complexity index is 719. The third-order valence-electron chi connectivity index (χ3n) is 4.63. The van der Waals surface area contributed by atoms with Crippen molar-refractivity contribution in [2.24, 2.45) is 0 Å². The van der Waals surface area contributed by atoms with Crippen molar-refractivity contribution >= 4 is 11.7 Å². The van der Waals surface area contributed by atoms with Gasteiger partial charge in [-0.05, 0) is 19.4 Å². The third kappa shape index (κ3) is 4.14. The van der Waals surface area contributed by atoms with Gasteiger partial charge in [0, 0.05) is 57.4 Å². The molecule has 1 amide bonds. The van der Waals surface area contributed by atoms with E-state index in [1.807, 2.05) is 22.6 Å². The summed E-state index contributed by atoms with van der Waals surface area (Å²) in [6.45, 7) is 3.96. The predicted molar refractivity (Wildman–Crippen MR) is 93.0 cm³/mol. The average Bonchev–Trinajstić information content (AvgIpc) is 3.19. The van der Waals surface area contributed by atoms with Crippen LogP contribution in [0.15, 0.2) is 30.9 Å². The van der Waals surface area contributed by atoms with E-state index in [9.17, 15) is 9.90 Å². The summed E-state index contributed by atoms with van der Waals surface area (Å²) in [7, 11) is 1.74. The quantitative estimate of drug-likeness (QED) is 0.820. The van der Waals surface area contributed by atoms with Crippen molar-refractivity contribution in [3.05, 3.63) is 36.5 Å². The van der Waals surface area contributed by atoms with Crippen LogP contribution in [-0.2, 0) is 11.3 Å². The number of hydrogen-bond acceptors (Lipinski definition) is 6. The van der Waals surface area contributed by atoms with E-state index in [1.165, 1.54) is 0 Å². The standard InChI is InChI=1S/C17H24N6O2/c1-14-3-6-20-23(14)9-4-16(24)21(2)12-17(25)5-10-22(13-17)15-11-18-7-8-19-15/h3,6-8,11,25H,4-5,9-10,12-13H2,1-2H3/t17-/m1/s1. The van der Waals surface area contributed by atoms with Gasteiger partial charge in [-0.15, -0.1) is 0 Å². The number of likely N-dealkylation sites (N-methyl/N-ethyl adjacent to an activating group) is 1. The molecule has 2 aromatic rings. The van der Waals surface area contributed by atoms with Crippen LogP contribution in [0.1, 0.15) is 18.5 Å². The van der Waals surface area contributed by atoms with Crippen molar-refractivity contribution < 1.29 is 9.90 Å². The summed E-state index contributed by atoms with van der Waals surface area (Å²) < 4.78 is 1.81. The molecule has 0 spiro atoms. The average molecular weight is 344 g/mol. The number of anilines is 1. The Labute approximate surface area is 147 Å². The predicted octanol–water partition coefficient (Wildman–Crippen LogP) is 0.471. The Hall–Kier alpha value is -2.48. The van der Waals surface area contributed by atoms with E-state index in [2.05, 4.69) is 15.1 Å². The monoisotopic (exact) mass is 344 g/mol. The molecule has 8 heteroatoms. The first-order valence-corrected chi connectivity index (χ1v) is 8.43. The minimum Gasteiger partial charge on any atom is -0.386 e. The maximum atomic E-state index is 12.4. The summed E-state index contributed by atoms with van der Waals surface area (Å²) in [5, 5.41) is 15.0. The van der Waals surface area contributed by atoms with Crippen LogP contribution >= 0.6 is 0 Å². The lowest BCUT2D eigenvalue weighted by atomic mass is 10.0. The van der Waals surface area contributed by atoms with E-state index < -0.39 is 5.60 Å². The van der Waals surface area contributed by atoms with Crippen LogP contribution in [0, 0.1) is 6.92 Å². The topological polar surface area (TPSA) is 87.4 Å². The van der Waals surface area contributed by atoms with Crippen molar-refractivity contribution in [3.8, 4) is 0 Å².